The van der Waals surface area contributed by atoms with E-state index < -0.39 is 42.3 Å². The Labute approximate surface area is 240 Å². The van der Waals surface area contributed by atoms with Gasteiger partial charge in [0, 0.05) is 24.2 Å². The maximum Gasteiger partial charge on any atom is 0.408 e. The molecule has 3 aromatic carbocycles. The molecule has 216 valence electrons. The van der Waals surface area contributed by atoms with Crippen LogP contribution in [-0.4, -0.2) is 60.0 Å². The number of urea groups is 1. The van der Waals surface area contributed by atoms with Gasteiger partial charge < -0.3 is 41.0 Å². The molecule has 3 rings (SSSR count). The first-order valence-electron chi connectivity index (χ1n) is 12.4. The van der Waals surface area contributed by atoms with Crippen LogP contribution < -0.4 is 26.0 Å². The molecule has 0 aromatic heterocycles. The highest BCUT2D eigenvalue weighted by molar-refractivity contribution is 6.30. The van der Waals surface area contributed by atoms with Crippen LogP contribution in [0.2, 0.25) is 5.02 Å². The Kier molecular flexibility index (Phi) is 11.6. The molecule has 0 spiro atoms. The molecule has 6 N–H and O–H groups in total. The van der Waals surface area contributed by atoms with Crippen LogP contribution in [-0.2, 0) is 22.7 Å². The minimum absolute atomic E-state index is 0.0543. The van der Waals surface area contributed by atoms with E-state index in [0.717, 1.165) is 11.1 Å². The highest BCUT2D eigenvalue weighted by atomic mass is 35.5. The third-order valence-electron chi connectivity index (χ3n) is 5.51. The lowest BCUT2D eigenvalue weighted by atomic mass is 10.1. The lowest BCUT2D eigenvalue weighted by molar-refractivity contribution is -0.139. The molecule has 41 heavy (non-hydrogen) atoms. The number of amides is 4. The van der Waals surface area contributed by atoms with E-state index in [1.54, 1.807) is 54.6 Å². The molecule has 0 unspecified atom stereocenters. The Bertz CT molecular complexity index is 1340. The van der Waals surface area contributed by atoms with Crippen LogP contribution >= 0.6 is 11.6 Å². The van der Waals surface area contributed by atoms with Crippen LogP contribution in [0.4, 0.5) is 9.59 Å². The van der Waals surface area contributed by atoms with Crippen molar-refractivity contribution in [2.24, 2.45) is 0 Å². The molecule has 0 fully saturated rings. The van der Waals surface area contributed by atoms with Crippen LogP contribution in [0.25, 0.3) is 0 Å². The molecular formula is C28H29ClN4O8. The van der Waals surface area contributed by atoms with Crippen molar-refractivity contribution in [1.82, 2.24) is 21.3 Å². The second-order valence-electron chi connectivity index (χ2n) is 8.57. The van der Waals surface area contributed by atoms with E-state index >= 15 is 0 Å². The zero-order valence-corrected chi connectivity index (χ0v) is 22.5. The zero-order valence-electron chi connectivity index (χ0n) is 21.8. The summed E-state index contributed by atoms with van der Waals surface area (Å²) in [6.45, 7) is 0.0701. The molecule has 0 aliphatic heterocycles. The number of phenols is 1. The number of hydrogen-bond donors (Lipinski definition) is 6. The van der Waals surface area contributed by atoms with Gasteiger partial charge in [0.15, 0.2) is 0 Å². The van der Waals surface area contributed by atoms with Gasteiger partial charge in [-0.3, -0.25) is 4.79 Å². The fraction of sp³-hybridized carbons (Fsp3) is 0.214. The Morgan fingerprint density at radius 2 is 1.61 bits per heavy atom. The van der Waals surface area contributed by atoms with Gasteiger partial charge >= 0.3 is 18.1 Å². The number of phenolic OH excluding ortho intramolecular Hbond substituents is 1. The maximum absolute atomic E-state index is 12.5. The molecule has 0 bridgehead atoms. The van der Waals surface area contributed by atoms with E-state index in [9.17, 15) is 29.4 Å². The van der Waals surface area contributed by atoms with Gasteiger partial charge in [-0.1, -0.05) is 54.1 Å². The second-order valence-corrected chi connectivity index (χ2v) is 9.01. The average molecular weight is 585 g/mol. The van der Waals surface area contributed by atoms with Crippen molar-refractivity contribution >= 4 is 35.6 Å². The Morgan fingerprint density at radius 3 is 2.29 bits per heavy atom. The van der Waals surface area contributed by atoms with Gasteiger partial charge in [0.05, 0.1) is 12.1 Å². The summed E-state index contributed by atoms with van der Waals surface area (Å²) in [6, 6.07) is 18.0. The fourth-order valence-electron chi connectivity index (χ4n) is 3.37. The van der Waals surface area contributed by atoms with E-state index in [0.29, 0.717) is 11.6 Å². The standard InChI is InChI=1S/C28H29ClN4O8/c29-20-8-6-18(7-9-20)15-32-27(38)30-12-13-40-21-10-11-22(24(34)14-21)25(35)31-16-23(26(36)37)33-28(39)41-17-19-4-2-1-3-5-19/h1-11,14,23,34H,12-13,15-17H2,(H,31,35)(H,33,39)(H,36,37)(H2,30,32,38)/t23-/m0/s1. The van der Waals surface area contributed by atoms with Gasteiger partial charge in [-0.05, 0) is 35.4 Å². The number of carboxylic acid groups (broad SMARTS) is 1. The molecule has 0 saturated carbocycles. The number of aliphatic carboxylic acids is 1. The highest BCUT2D eigenvalue weighted by Crippen LogP contribution is 2.23. The zero-order chi connectivity index (χ0) is 29.6. The highest BCUT2D eigenvalue weighted by Gasteiger charge is 2.22. The summed E-state index contributed by atoms with van der Waals surface area (Å²) in [7, 11) is 0. The number of ether oxygens (including phenoxy) is 2. The lowest BCUT2D eigenvalue weighted by Gasteiger charge is -2.16. The maximum atomic E-state index is 12.5. The van der Waals surface area contributed by atoms with Crippen molar-refractivity contribution < 1.29 is 38.9 Å². The summed E-state index contributed by atoms with van der Waals surface area (Å²) < 4.78 is 10.5. The van der Waals surface area contributed by atoms with Crippen molar-refractivity contribution in [3.63, 3.8) is 0 Å². The molecule has 0 aliphatic carbocycles. The number of rotatable bonds is 13. The Morgan fingerprint density at radius 1 is 0.878 bits per heavy atom. The van der Waals surface area contributed by atoms with E-state index in [4.69, 9.17) is 21.1 Å². The van der Waals surface area contributed by atoms with E-state index in [1.165, 1.54) is 18.2 Å². The average Bonchev–Trinajstić information content (AvgIpc) is 2.96. The number of hydrogen-bond acceptors (Lipinski definition) is 7. The predicted octanol–water partition coefficient (Wildman–Crippen LogP) is 3.03. The third kappa shape index (κ3) is 10.6. The molecule has 0 radical (unpaired) electrons. The number of carboxylic acids is 1. The molecular weight excluding hydrogens is 556 g/mol. The molecule has 0 aliphatic rings. The number of halogens is 1. The van der Waals surface area contributed by atoms with Crippen LogP contribution in [0, 0.1) is 0 Å². The molecule has 3 aromatic rings. The Balaban J connectivity index is 1.39. The first-order chi connectivity index (χ1) is 19.7. The minimum atomic E-state index is -1.47. The van der Waals surface area contributed by atoms with Gasteiger partial charge in [0.2, 0.25) is 0 Å². The van der Waals surface area contributed by atoms with Gasteiger partial charge in [0.25, 0.3) is 5.91 Å². The number of aromatic hydroxyl groups is 1. The molecule has 0 heterocycles. The fourth-order valence-corrected chi connectivity index (χ4v) is 3.50. The van der Waals surface area contributed by atoms with Gasteiger partial charge in [0.1, 0.15) is 30.8 Å². The number of carbonyl (C=O) groups is 4. The van der Waals surface area contributed by atoms with Crippen molar-refractivity contribution in [2.45, 2.75) is 19.2 Å². The first kappa shape index (κ1) is 30.6. The largest absolute Gasteiger partial charge is 0.507 e. The molecule has 0 saturated heterocycles. The van der Waals surface area contributed by atoms with Gasteiger partial charge in [-0.2, -0.15) is 0 Å². The quantitative estimate of drug-likeness (QED) is 0.166. The first-order valence-corrected chi connectivity index (χ1v) is 12.8. The smallest absolute Gasteiger partial charge is 0.408 e. The monoisotopic (exact) mass is 584 g/mol. The van der Waals surface area contributed by atoms with E-state index in [-0.39, 0.29) is 31.1 Å². The minimum Gasteiger partial charge on any atom is -0.507 e. The van der Waals surface area contributed by atoms with Crippen LogP contribution in [0.3, 0.4) is 0 Å². The summed E-state index contributed by atoms with van der Waals surface area (Å²) in [6.07, 6.45) is -0.964. The summed E-state index contributed by atoms with van der Waals surface area (Å²) in [5.74, 6) is -2.31. The van der Waals surface area contributed by atoms with Crippen LogP contribution in [0.15, 0.2) is 72.8 Å². The summed E-state index contributed by atoms with van der Waals surface area (Å²) >= 11 is 5.83. The number of alkyl carbamates (subject to hydrolysis) is 1. The van der Waals surface area contributed by atoms with E-state index in [1.807, 2.05) is 0 Å². The molecule has 4 amide bonds. The summed E-state index contributed by atoms with van der Waals surface area (Å²) in [4.78, 5) is 47.9. The van der Waals surface area contributed by atoms with Crippen molar-refractivity contribution in [3.05, 3.63) is 94.5 Å². The summed E-state index contributed by atoms with van der Waals surface area (Å²) in [5, 5.41) is 30.1. The summed E-state index contributed by atoms with van der Waals surface area (Å²) in [5.41, 5.74) is 1.47. The SMILES string of the molecule is O=C(NCCOc1ccc(C(=O)NC[C@H](NC(=O)OCc2ccccc2)C(=O)O)c(O)c1)NCc1ccc(Cl)cc1. The van der Waals surface area contributed by atoms with Crippen molar-refractivity contribution in [1.29, 1.82) is 0 Å². The van der Waals surface area contributed by atoms with Crippen molar-refractivity contribution in [2.75, 3.05) is 19.7 Å². The third-order valence-corrected chi connectivity index (χ3v) is 5.76. The van der Waals surface area contributed by atoms with E-state index in [2.05, 4.69) is 21.3 Å². The number of benzene rings is 3. The van der Waals surface area contributed by atoms with Crippen LogP contribution in [0.1, 0.15) is 21.5 Å². The molecule has 13 heteroatoms. The predicted molar refractivity (Wildman–Crippen MR) is 149 cm³/mol. The lowest BCUT2D eigenvalue weighted by Crippen LogP contribution is -2.48. The molecule has 12 nitrogen and oxygen atoms in total. The van der Waals surface area contributed by atoms with Crippen LogP contribution in [0.5, 0.6) is 11.5 Å². The normalized spacial score (nSPS) is 11.0. The number of carbonyl (C=O) groups excluding carboxylic acids is 3. The molecule has 1 atom stereocenters. The van der Waals surface area contributed by atoms with Gasteiger partial charge in [-0.15, -0.1) is 0 Å². The second kappa shape index (κ2) is 15.6. The van der Waals surface area contributed by atoms with Gasteiger partial charge in [-0.25, -0.2) is 14.4 Å². The Hall–Kier alpha value is -4.97. The van der Waals surface area contributed by atoms with Crippen molar-refractivity contribution in [3.8, 4) is 11.5 Å². The number of nitrogens with one attached hydrogen (secondary N) is 4. The topological polar surface area (TPSA) is 175 Å².